The van der Waals surface area contributed by atoms with E-state index >= 15 is 0 Å². The third kappa shape index (κ3) is 4.01. The number of hydrogen-bond acceptors (Lipinski definition) is 5. The largest absolute Gasteiger partial charge is 0.497 e. The molecule has 6 heteroatoms. The summed E-state index contributed by atoms with van der Waals surface area (Å²) >= 11 is 0. The van der Waals surface area contributed by atoms with Crippen molar-refractivity contribution >= 4 is 5.91 Å². The number of ether oxygens (including phenoxy) is 3. The van der Waals surface area contributed by atoms with E-state index in [1.54, 1.807) is 21.3 Å². The van der Waals surface area contributed by atoms with Gasteiger partial charge in [0.2, 0.25) is 0 Å². The van der Waals surface area contributed by atoms with Crippen molar-refractivity contribution in [2.45, 2.75) is 6.04 Å². The fourth-order valence-corrected chi connectivity index (χ4v) is 3.39. The minimum Gasteiger partial charge on any atom is -0.497 e. The molecule has 1 heterocycles. The van der Waals surface area contributed by atoms with Gasteiger partial charge < -0.3 is 19.1 Å². The van der Waals surface area contributed by atoms with Gasteiger partial charge in [-0.05, 0) is 49.0 Å². The number of amides is 1. The molecule has 1 amide bonds. The quantitative estimate of drug-likeness (QED) is 0.810. The third-order valence-corrected chi connectivity index (χ3v) is 5.06. The molecule has 3 rings (SSSR count). The number of hydrogen-bond donors (Lipinski definition) is 0. The molecule has 1 aliphatic heterocycles. The topological polar surface area (TPSA) is 51.2 Å². The molecule has 2 aromatic rings. The number of nitrogens with zero attached hydrogens (tertiary/aromatic N) is 2. The molecule has 1 atom stereocenters. The summed E-state index contributed by atoms with van der Waals surface area (Å²) in [4.78, 5) is 17.1. The Morgan fingerprint density at radius 2 is 1.63 bits per heavy atom. The zero-order chi connectivity index (χ0) is 19.4. The van der Waals surface area contributed by atoms with Crippen molar-refractivity contribution in [3.05, 3.63) is 53.6 Å². The van der Waals surface area contributed by atoms with Crippen LogP contribution in [0.2, 0.25) is 0 Å². The average molecular weight is 370 g/mol. The number of carbonyl (C=O) groups is 1. The molecule has 1 fully saturated rings. The molecular formula is C21H26N2O4. The van der Waals surface area contributed by atoms with Gasteiger partial charge in [0, 0.05) is 25.2 Å². The van der Waals surface area contributed by atoms with Gasteiger partial charge in [0.1, 0.15) is 5.75 Å². The predicted molar refractivity (Wildman–Crippen MR) is 104 cm³/mol. The molecule has 0 aromatic heterocycles. The Morgan fingerprint density at radius 1 is 0.926 bits per heavy atom. The van der Waals surface area contributed by atoms with Gasteiger partial charge in [-0.1, -0.05) is 6.07 Å². The van der Waals surface area contributed by atoms with E-state index in [1.165, 1.54) is 0 Å². The van der Waals surface area contributed by atoms with E-state index in [2.05, 4.69) is 11.9 Å². The number of likely N-dealkylation sites (N-methyl/N-ethyl adjacent to an activating group) is 1. The number of methoxy groups -OCH3 is 3. The normalized spacial score (nSPS) is 17.5. The number of benzene rings is 2. The summed E-state index contributed by atoms with van der Waals surface area (Å²) in [6.45, 7) is 2.13. The monoisotopic (exact) mass is 370 g/mol. The molecule has 0 bridgehead atoms. The van der Waals surface area contributed by atoms with Gasteiger partial charge in [0.25, 0.3) is 5.91 Å². The van der Waals surface area contributed by atoms with Crippen LogP contribution in [-0.4, -0.2) is 63.7 Å². The Balaban J connectivity index is 1.80. The SMILES string of the molecule is COc1ccc(C(=O)N2CCN(C)C(c3ccc(OC)c(OC)c3)C2)cc1. The lowest BCUT2D eigenvalue weighted by Gasteiger charge is -2.40. The highest BCUT2D eigenvalue weighted by Crippen LogP contribution is 2.33. The fraction of sp³-hybridized carbons (Fsp3) is 0.381. The van der Waals surface area contributed by atoms with Crippen molar-refractivity contribution in [2.24, 2.45) is 0 Å². The van der Waals surface area contributed by atoms with Gasteiger partial charge in [-0.3, -0.25) is 9.69 Å². The van der Waals surface area contributed by atoms with Crippen LogP contribution in [0.15, 0.2) is 42.5 Å². The molecule has 0 spiro atoms. The van der Waals surface area contributed by atoms with Gasteiger partial charge in [-0.2, -0.15) is 0 Å². The molecular weight excluding hydrogens is 344 g/mol. The summed E-state index contributed by atoms with van der Waals surface area (Å²) < 4.78 is 15.9. The summed E-state index contributed by atoms with van der Waals surface area (Å²) in [5.74, 6) is 2.18. The lowest BCUT2D eigenvalue weighted by molar-refractivity contribution is 0.0546. The second-order valence-corrected chi connectivity index (χ2v) is 6.59. The highest BCUT2D eigenvalue weighted by Gasteiger charge is 2.29. The van der Waals surface area contributed by atoms with Gasteiger partial charge in [-0.15, -0.1) is 0 Å². The highest BCUT2D eigenvalue weighted by atomic mass is 16.5. The Bertz CT molecular complexity index is 791. The van der Waals surface area contributed by atoms with Crippen LogP contribution in [0.4, 0.5) is 0 Å². The number of rotatable bonds is 5. The lowest BCUT2D eigenvalue weighted by Crippen LogP contribution is -2.49. The zero-order valence-electron chi connectivity index (χ0n) is 16.3. The first kappa shape index (κ1) is 19.0. The standard InChI is InChI=1S/C21H26N2O4/c1-22-11-12-23(21(24)15-5-8-17(25-2)9-6-15)14-18(22)16-7-10-19(26-3)20(13-16)27-4/h5-10,13,18H,11-12,14H2,1-4H3. The van der Waals surface area contributed by atoms with Crippen LogP contribution < -0.4 is 14.2 Å². The Kier molecular flexibility index (Phi) is 5.86. The van der Waals surface area contributed by atoms with Crippen LogP contribution in [-0.2, 0) is 0 Å². The maximum absolute atomic E-state index is 12.9. The Labute approximate surface area is 160 Å². The molecule has 0 N–H and O–H groups in total. The van der Waals surface area contributed by atoms with Crippen LogP contribution in [0.25, 0.3) is 0 Å². The van der Waals surface area contributed by atoms with Crippen LogP contribution in [0.5, 0.6) is 17.2 Å². The maximum atomic E-state index is 12.9. The van der Waals surface area contributed by atoms with Crippen molar-refractivity contribution < 1.29 is 19.0 Å². The summed E-state index contributed by atoms with van der Waals surface area (Å²) in [5.41, 5.74) is 1.77. The van der Waals surface area contributed by atoms with Crippen molar-refractivity contribution in [2.75, 3.05) is 48.0 Å². The number of carbonyl (C=O) groups excluding carboxylic acids is 1. The number of piperazine rings is 1. The molecule has 2 aromatic carbocycles. The van der Waals surface area contributed by atoms with E-state index in [-0.39, 0.29) is 11.9 Å². The molecule has 1 aliphatic rings. The van der Waals surface area contributed by atoms with Gasteiger partial charge in [-0.25, -0.2) is 0 Å². The van der Waals surface area contributed by atoms with Crippen molar-refractivity contribution in [1.82, 2.24) is 9.80 Å². The highest BCUT2D eigenvalue weighted by molar-refractivity contribution is 5.94. The summed E-state index contributed by atoms with van der Waals surface area (Å²) in [6, 6.07) is 13.3. The Morgan fingerprint density at radius 3 is 2.26 bits per heavy atom. The minimum atomic E-state index is 0.0382. The molecule has 6 nitrogen and oxygen atoms in total. The summed E-state index contributed by atoms with van der Waals surface area (Å²) in [7, 11) is 6.95. The van der Waals surface area contributed by atoms with Crippen molar-refractivity contribution in [3.63, 3.8) is 0 Å². The van der Waals surface area contributed by atoms with Crippen LogP contribution in [0, 0.1) is 0 Å². The smallest absolute Gasteiger partial charge is 0.253 e. The third-order valence-electron chi connectivity index (χ3n) is 5.06. The fourth-order valence-electron chi connectivity index (χ4n) is 3.39. The molecule has 144 valence electrons. The van der Waals surface area contributed by atoms with E-state index in [0.29, 0.717) is 30.2 Å². The van der Waals surface area contributed by atoms with E-state index in [9.17, 15) is 4.79 Å². The van der Waals surface area contributed by atoms with E-state index < -0.39 is 0 Å². The predicted octanol–water partition coefficient (Wildman–Crippen LogP) is 2.84. The van der Waals surface area contributed by atoms with Gasteiger partial charge >= 0.3 is 0 Å². The Hall–Kier alpha value is -2.73. The first-order chi connectivity index (χ1) is 13.1. The second-order valence-electron chi connectivity index (χ2n) is 6.59. The van der Waals surface area contributed by atoms with E-state index in [4.69, 9.17) is 14.2 Å². The molecule has 27 heavy (non-hydrogen) atoms. The average Bonchev–Trinajstić information content (AvgIpc) is 2.73. The summed E-state index contributed by atoms with van der Waals surface area (Å²) in [5, 5.41) is 0. The molecule has 1 unspecified atom stereocenters. The zero-order valence-corrected chi connectivity index (χ0v) is 16.3. The molecule has 0 aliphatic carbocycles. The minimum absolute atomic E-state index is 0.0382. The van der Waals surface area contributed by atoms with Gasteiger partial charge in [0.05, 0.1) is 27.4 Å². The maximum Gasteiger partial charge on any atom is 0.253 e. The summed E-state index contributed by atoms with van der Waals surface area (Å²) in [6.07, 6.45) is 0. The van der Waals surface area contributed by atoms with Gasteiger partial charge in [0.15, 0.2) is 11.5 Å². The lowest BCUT2D eigenvalue weighted by atomic mass is 10.0. The van der Waals surface area contributed by atoms with Crippen molar-refractivity contribution in [3.8, 4) is 17.2 Å². The molecule has 1 saturated heterocycles. The van der Waals surface area contributed by atoms with Crippen molar-refractivity contribution in [1.29, 1.82) is 0 Å². The van der Waals surface area contributed by atoms with Crippen LogP contribution >= 0.6 is 0 Å². The van der Waals surface area contributed by atoms with Crippen LogP contribution in [0.1, 0.15) is 22.0 Å². The first-order valence-corrected chi connectivity index (χ1v) is 8.93. The molecule has 0 radical (unpaired) electrons. The van der Waals surface area contributed by atoms with E-state index in [0.717, 1.165) is 17.9 Å². The van der Waals surface area contributed by atoms with E-state index in [1.807, 2.05) is 47.4 Å². The molecule has 0 saturated carbocycles. The van der Waals surface area contributed by atoms with Crippen LogP contribution in [0.3, 0.4) is 0 Å². The first-order valence-electron chi connectivity index (χ1n) is 8.93. The second kappa shape index (κ2) is 8.31.